The molecule has 0 saturated carbocycles. The molecule has 0 spiro atoms. The van der Waals surface area contributed by atoms with Crippen molar-refractivity contribution in [1.29, 1.82) is 0 Å². The van der Waals surface area contributed by atoms with Gasteiger partial charge in [-0.15, -0.1) is 0 Å². The van der Waals surface area contributed by atoms with Crippen molar-refractivity contribution in [2.75, 3.05) is 13.1 Å². The molecule has 0 aromatic heterocycles. The lowest BCUT2D eigenvalue weighted by atomic mass is 10.3. The number of nitrogens with one attached hydrogen (secondary N) is 1. The monoisotopic (exact) mass is 103 g/mol. The molecule has 0 bridgehead atoms. The normalized spacial score (nSPS) is 31.3. The maximum atomic E-state index is 8.03. The molecule has 1 unspecified atom stereocenters. The van der Waals surface area contributed by atoms with E-state index in [1.807, 2.05) is 0 Å². The topological polar surface area (TPSA) is 41.5 Å². The highest BCUT2D eigenvalue weighted by atomic mass is 17.1. The Hall–Kier alpha value is -0.120. The van der Waals surface area contributed by atoms with Gasteiger partial charge in [-0.1, -0.05) is 0 Å². The Morgan fingerprint density at radius 2 is 2.57 bits per heavy atom. The molecule has 1 atom stereocenters. The molecule has 1 saturated heterocycles. The van der Waals surface area contributed by atoms with Gasteiger partial charge in [-0.2, -0.15) is 0 Å². The molecule has 1 rings (SSSR count). The predicted molar refractivity (Wildman–Crippen MR) is 25.0 cm³/mol. The van der Waals surface area contributed by atoms with Gasteiger partial charge in [-0.3, -0.25) is 5.26 Å². The number of hydrogen-bond acceptors (Lipinski definition) is 3. The molecule has 7 heavy (non-hydrogen) atoms. The molecule has 0 aromatic rings. The van der Waals surface area contributed by atoms with E-state index in [1.54, 1.807) is 0 Å². The van der Waals surface area contributed by atoms with Gasteiger partial charge in [-0.05, 0) is 13.0 Å². The van der Waals surface area contributed by atoms with Crippen molar-refractivity contribution in [3.63, 3.8) is 0 Å². The molecular formula is C4H9NO2. The second-order valence-corrected chi connectivity index (χ2v) is 1.72. The third-order valence-electron chi connectivity index (χ3n) is 1.16. The molecule has 1 aliphatic rings. The summed E-state index contributed by atoms with van der Waals surface area (Å²) >= 11 is 0. The van der Waals surface area contributed by atoms with Crippen LogP contribution in [-0.2, 0) is 4.89 Å². The highest BCUT2D eigenvalue weighted by molar-refractivity contribution is 4.68. The van der Waals surface area contributed by atoms with Crippen molar-refractivity contribution in [2.45, 2.75) is 12.5 Å². The minimum Gasteiger partial charge on any atom is -0.314 e. The molecule has 0 amide bonds. The first-order valence-electron chi connectivity index (χ1n) is 2.44. The van der Waals surface area contributed by atoms with Crippen LogP contribution >= 0.6 is 0 Å². The maximum Gasteiger partial charge on any atom is 0.106 e. The summed E-state index contributed by atoms with van der Waals surface area (Å²) in [4.78, 5) is 4.05. The van der Waals surface area contributed by atoms with Crippen LogP contribution in [-0.4, -0.2) is 24.5 Å². The van der Waals surface area contributed by atoms with Crippen LogP contribution in [0.1, 0.15) is 6.42 Å². The molecule has 1 heterocycles. The van der Waals surface area contributed by atoms with Gasteiger partial charge in [0.1, 0.15) is 6.10 Å². The summed E-state index contributed by atoms with van der Waals surface area (Å²) in [7, 11) is 0. The summed E-state index contributed by atoms with van der Waals surface area (Å²) in [6.07, 6.45) is 0.969. The highest BCUT2D eigenvalue weighted by Crippen LogP contribution is 1.98. The molecule has 1 fully saturated rings. The van der Waals surface area contributed by atoms with Gasteiger partial charge in [0, 0.05) is 6.54 Å². The standard InChI is InChI=1S/C4H9NO2/c6-7-4-1-2-5-3-4/h4-6H,1-3H2. The summed E-state index contributed by atoms with van der Waals surface area (Å²) in [5.74, 6) is 0. The lowest BCUT2D eigenvalue weighted by molar-refractivity contribution is -0.272. The SMILES string of the molecule is OOC1CCNC1. The van der Waals surface area contributed by atoms with Crippen molar-refractivity contribution in [2.24, 2.45) is 0 Å². The summed E-state index contributed by atoms with van der Waals surface area (Å²) in [6, 6.07) is 0. The van der Waals surface area contributed by atoms with Crippen LogP contribution in [0.15, 0.2) is 0 Å². The molecular weight excluding hydrogens is 94.0 g/mol. The largest absolute Gasteiger partial charge is 0.314 e. The van der Waals surface area contributed by atoms with Gasteiger partial charge in [0.2, 0.25) is 0 Å². The van der Waals surface area contributed by atoms with Crippen molar-refractivity contribution in [3.05, 3.63) is 0 Å². The van der Waals surface area contributed by atoms with Crippen molar-refractivity contribution < 1.29 is 10.1 Å². The average molecular weight is 103 g/mol. The van der Waals surface area contributed by atoms with Crippen LogP contribution in [0.2, 0.25) is 0 Å². The second kappa shape index (κ2) is 2.26. The van der Waals surface area contributed by atoms with E-state index < -0.39 is 0 Å². The van der Waals surface area contributed by atoms with E-state index in [4.69, 9.17) is 5.26 Å². The van der Waals surface area contributed by atoms with Crippen molar-refractivity contribution >= 4 is 0 Å². The van der Waals surface area contributed by atoms with Gasteiger partial charge < -0.3 is 5.32 Å². The van der Waals surface area contributed by atoms with Gasteiger partial charge in [0.15, 0.2) is 0 Å². The fourth-order valence-corrected chi connectivity index (χ4v) is 0.718. The van der Waals surface area contributed by atoms with Crippen LogP contribution in [0.4, 0.5) is 0 Å². The molecule has 42 valence electrons. The van der Waals surface area contributed by atoms with E-state index in [1.165, 1.54) is 0 Å². The van der Waals surface area contributed by atoms with E-state index in [9.17, 15) is 0 Å². The van der Waals surface area contributed by atoms with Crippen LogP contribution in [0.5, 0.6) is 0 Å². The quantitative estimate of drug-likeness (QED) is 0.358. The molecule has 3 heteroatoms. The summed E-state index contributed by atoms with van der Waals surface area (Å²) in [5, 5.41) is 11.1. The van der Waals surface area contributed by atoms with Gasteiger partial charge >= 0.3 is 0 Å². The first kappa shape index (κ1) is 5.03. The fraction of sp³-hybridized carbons (Fsp3) is 1.00. The minimum absolute atomic E-state index is 0.0417. The Labute approximate surface area is 42.2 Å². The molecule has 2 N–H and O–H groups in total. The molecule has 0 aliphatic carbocycles. The second-order valence-electron chi connectivity index (χ2n) is 1.72. The number of rotatable bonds is 1. The van der Waals surface area contributed by atoms with Crippen LogP contribution < -0.4 is 5.32 Å². The summed E-state index contributed by atoms with van der Waals surface area (Å²) in [6.45, 7) is 1.75. The zero-order valence-corrected chi connectivity index (χ0v) is 4.05. The van der Waals surface area contributed by atoms with E-state index in [0.29, 0.717) is 0 Å². The third-order valence-corrected chi connectivity index (χ3v) is 1.16. The lowest BCUT2D eigenvalue weighted by Crippen LogP contribution is -2.14. The van der Waals surface area contributed by atoms with Gasteiger partial charge in [0.05, 0.1) is 0 Å². The van der Waals surface area contributed by atoms with Crippen molar-refractivity contribution in [3.8, 4) is 0 Å². The first-order valence-corrected chi connectivity index (χ1v) is 2.44. The summed E-state index contributed by atoms with van der Waals surface area (Å²) in [5.41, 5.74) is 0. The Balaban J connectivity index is 2.14. The van der Waals surface area contributed by atoms with E-state index >= 15 is 0 Å². The molecule has 0 radical (unpaired) electrons. The van der Waals surface area contributed by atoms with E-state index in [0.717, 1.165) is 19.5 Å². The zero-order valence-electron chi connectivity index (χ0n) is 4.05. The smallest absolute Gasteiger partial charge is 0.106 e. The van der Waals surface area contributed by atoms with Gasteiger partial charge in [-0.25, -0.2) is 4.89 Å². The molecule has 0 aromatic carbocycles. The minimum atomic E-state index is 0.0417. The Morgan fingerprint density at radius 1 is 1.71 bits per heavy atom. The maximum absolute atomic E-state index is 8.03. The Morgan fingerprint density at radius 3 is 2.86 bits per heavy atom. The average Bonchev–Trinajstić information content (AvgIpc) is 2.14. The number of hydrogen-bond donors (Lipinski definition) is 2. The van der Waals surface area contributed by atoms with Crippen LogP contribution in [0.3, 0.4) is 0 Å². The molecule has 1 aliphatic heterocycles. The Kier molecular flexibility index (Phi) is 1.62. The fourth-order valence-electron chi connectivity index (χ4n) is 0.718. The van der Waals surface area contributed by atoms with E-state index in [-0.39, 0.29) is 6.10 Å². The third kappa shape index (κ3) is 1.12. The van der Waals surface area contributed by atoms with E-state index in [2.05, 4.69) is 10.2 Å². The lowest BCUT2D eigenvalue weighted by Gasteiger charge is -1.98. The molecule has 3 nitrogen and oxygen atoms in total. The van der Waals surface area contributed by atoms with Crippen LogP contribution in [0, 0.1) is 0 Å². The Bertz CT molecular complexity index is 51.7. The van der Waals surface area contributed by atoms with Gasteiger partial charge in [0.25, 0.3) is 0 Å². The zero-order chi connectivity index (χ0) is 5.11. The highest BCUT2D eigenvalue weighted by Gasteiger charge is 2.13. The predicted octanol–water partition coefficient (Wildman–Crippen LogP) is -0.162. The van der Waals surface area contributed by atoms with Crippen molar-refractivity contribution in [1.82, 2.24) is 5.32 Å². The summed E-state index contributed by atoms with van der Waals surface area (Å²) < 4.78 is 0. The van der Waals surface area contributed by atoms with Crippen LogP contribution in [0.25, 0.3) is 0 Å². The first-order chi connectivity index (χ1) is 3.43.